The van der Waals surface area contributed by atoms with Gasteiger partial charge in [-0.05, 0) is 31.0 Å². The lowest BCUT2D eigenvalue weighted by Gasteiger charge is -2.15. The SMILES string of the molecule is COCC(C)Cn1c(C(C)Cl)nc2ccc(Br)cc21. The van der Waals surface area contributed by atoms with Crippen LogP contribution in [0.5, 0.6) is 0 Å². The Kier molecular flexibility index (Phi) is 4.87. The molecule has 0 aliphatic carbocycles. The molecule has 3 nitrogen and oxygen atoms in total. The number of hydrogen-bond donors (Lipinski definition) is 0. The third kappa shape index (κ3) is 3.30. The third-order valence-corrected chi connectivity index (χ3v) is 3.73. The number of ether oxygens (including phenoxy) is 1. The second-order valence-corrected chi connectivity index (χ2v) is 6.46. The average molecular weight is 346 g/mol. The van der Waals surface area contributed by atoms with Crippen LogP contribution in [0.15, 0.2) is 22.7 Å². The van der Waals surface area contributed by atoms with Crippen LogP contribution in [0, 0.1) is 5.92 Å². The fraction of sp³-hybridized carbons (Fsp3) is 0.500. The second kappa shape index (κ2) is 6.25. The van der Waals surface area contributed by atoms with Crippen molar-refractivity contribution in [2.75, 3.05) is 13.7 Å². The van der Waals surface area contributed by atoms with Gasteiger partial charge in [0.2, 0.25) is 0 Å². The fourth-order valence-electron chi connectivity index (χ4n) is 2.26. The van der Waals surface area contributed by atoms with Crippen LogP contribution in [0.1, 0.15) is 25.0 Å². The highest BCUT2D eigenvalue weighted by Crippen LogP contribution is 2.27. The second-order valence-electron chi connectivity index (χ2n) is 4.89. The van der Waals surface area contributed by atoms with Gasteiger partial charge in [0.1, 0.15) is 5.82 Å². The zero-order valence-corrected chi connectivity index (χ0v) is 13.7. The Labute approximate surface area is 127 Å². The monoisotopic (exact) mass is 344 g/mol. The van der Waals surface area contributed by atoms with E-state index in [-0.39, 0.29) is 5.38 Å². The molecular weight excluding hydrogens is 328 g/mol. The molecule has 0 N–H and O–H groups in total. The Hall–Kier alpha value is -0.580. The van der Waals surface area contributed by atoms with Crippen molar-refractivity contribution in [3.8, 4) is 0 Å². The normalized spacial score (nSPS) is 14.8. The summed E-state index contributed by atoms with van der Waals surface area (Å²) in [5.74, 6) is 1.33. The molecule has 2 aromatic rings. The molecule has 0 saturated heterocycles. The third-order valence-electron chi connectivity index (χ3n) is 3.04. The van der Waals surface area contributed by atoms with E-state index in [2.05, 4.69) is 38.5 Å². The first-order chi connectivity index (χ1) is 9.02. The molecule has 0 amide bonds. The molecule has 0 fully saturated rings. The van der Waals surface area contributed by atoms with Gasteiger partial charge in [0.15, 0.2) is 0 Å². The Morgan fingerprint density at radius 3 is 2.79 bits per heavy atom. The predicted octanol–water partition coefficient (Wildman–Crippen LogP) is 4.38. The molecule has 1 aromatic heterocycles. The molecule has 5 heteroatoms. The lowest BCUT2D eigenvalue weighted by atomic mass is 10.2. The Bertz CT molecular complexity index is 568. The highest BCUT2D eigenvalue weighted by atomic mass is 79.9. The lowest BCUT2D eigenvalue weighted by Crippen LogP contribution is -2.15. The zero-order valence-electron chi connectivity index (χ0n) is 11.4. The summed E-state index contributed by atoms with van der Waals surface area (Å²) in [5, 5.41) is -0.110. The number of imidazole rings is 1. The van der Waals surface area contributed by atoms with Crippen LogP contribution in [-0.4, -0.2) is 23.3 Å². The standard InChI is InChI=1S/C14H18BrClN2O/c1-9(8-19-3)7-18-13-6-11(15)4-5-12(13)17-14(18)10(2)16/h4-6,9-10H,7-8H2,1-3H3. The number of nitrogens with zero attached hydrogens (tertiary/aromatic N) is 2. The van der Waals surface area contributed by atoms with E-state index in [1.54, 1.807) is 7.11 Å². The van der Waals surface area contributed by atoms with Gasteiger partial charge in [0.25, 0.3) is 0 Å². The maximum Gasteiger partial charge on any atom is 0.127 e. The Morgan fingerprint density at radius 2 is 2.16 bits per heavy atom. The van der Waals surface area contributed by atoms with Crippen molar-refractivity contribution < 1.29 is 4.74 Å². The summed E-state index contributed by atoms with van der Waals surface area (Å²) < 4.78 is 8.46. The minimum atomic E-state index is -0.110. The van der Waals surface area contributed by atoms with Crippen molar-refractivity contribution in [2.24, 2.45) is 5.92 Å². The number of alkyl halides is 1. The van der Waals surface area contributed by atoms with Gasteiger partial charge < -0.3 is 9.30 Å². The van der Waals surface area contributed by atoms with E-state index in [0.29, 0.717) is 5.92 Å². The van der Waals surface area contributed by atoms with E-state index in [4.69, 9.17) is 16.3 Å². The van der Waals surface area contributed by atoms with Crippen LogP contribution in [0.3, 0.4) is 0 Å². The van der Waals surface area contributed by atoms with Gasteiger partial charge in [-0.15, -0.1) is 11.6 Å². The molecule has 0 bridgehead atoms. The first-order valence-corrected chi connectivity index (χ1v) is 7.54. The molecule has 0 spiro atoms. The molecule has 0 radical (unpaired) electrons. The summed E-state index contributed by atoms with van der Waals surface area (Å²) in [4.78, 5) is 4.64. The van der Waals surface area contributed by atoms with Gasteiger partial charge in [-0.1, -0.05) is 22.9 Å². The number of benzene rings is 1. The van der Waals surface area contributed by atoms with E-state index in [0.717, 1.165) is 34.5 Å². The number of methoxy groups -OCH3 is 1. The van der Waals surface area contributed by atoms with Gasteiger partial charge in [0, 0.05) is 18.1 Å². The minimum absolute atomic E-state index is 0.110. The molecule has 2 unspecified atom stereocenters. The van der Waals surface area contributed by atoms with Gasteiger partial charge in [-0.3, -0.25) is 0 Å². The molecule has 0 aliphatic heterocycles. The summed E-state index contributed by atoms with van der Waals surface area (Å²) >= 11 is 9.76. The van der Waals surface area contributed by atoms with Crippen LogP contribution in [0.2, 0.25) is 0 Å². The topological polar surface area (TPSA) is 27.1 Å². The average Bonchev–Trinajstić information content (AvgIpc) is 2.68. The lowest BCUT2D eigenvalue weighted by molar-refractivity contribution is 0.151. The van der Waals surface area contributed by atoms with Crippen LogP contribution in [0.25, 0.3) is 11.0 Å². The molecule has 19 heavy (non-hydrogen) atoms. The number of aromatic nitrogens is 2. The van der Waals surface area contributed by atoms with Crippen LogP contribution < -0.4 is 0 Å². The molecule has 1 aromatic carbocycles. The first kappa shape index (κ1) is 14.8. The zero-order chi connectivity index (χ0) is 14.0. The largest absolute Gasteiger partial charge is 0.384 e. The highest BCUT2D eigenvalue weighted by molar-refractivity contribution is 9.10. The van der Waals surface area contributed by atoms with Crippen molar-refractivity contribution in [1.82, 2.24) is 9.55 Å². The number of rotatable bonds is 5. The van der Waals surface area contributed by atoms with Crippen LogP contribution in [0.4, 0.5) is 0 Å². The fourth-order valence-corrected chi connectivity index (χ4v) is 2.77. The molecule has 104 valence electrons. The summed E-state index contributed by atoms with van der Waals surface area (Å²) in [5.41, 5.74) is 2.09. The highest BCUT2D eigenvalue weighted by Gasteiger charge is 2.16. The van der Waals surface area contributed by atoms with Gasteiger partial charge in [0.05, 0.1) is 23.0 Å². The van der Waals surface area contributed by atoms with Crippen molar-refractivity contribution in [2.45, 2.75) is 25.8 Å². The number of halogens is 2. The molecule has 2 atom stereocenters. The molecule has 0 aliphatic rings. The van der Waals surface area contributed by atoms with Crippen molar-refractivity contribution >= 4 is 38.6 Å². The maximum atomic E-state index is 6.25. The summed E-state index contributed by atoms with van der Waals surface area (Å²) in [6.07, 6.45) is 0. The van der Waals surface area contributed by atoms with E-state index in [9.17, 15) is 0 Å². The van der Waals surface area contributed by atoms with E-state index in [1.807, 2.05) is 19.1 Å². The minimum Gasteiger partial charge on any atom is -0.384 e. The van der Waals surface area contributed by atoms with Crippen molar-refractivity contribution in [1.29, 1.82) is 0 Å². The van der Waals surface area contributed by atoms with E-state index < -0.39 is 0 Å². The number of hydrogen-bond acceptors (Lipinski definition) is 2. The maximum absolute atomic E-state index is 6.25. The van der Waals surface area contributed by atoms with E-state index >= 15 is 0 Å². The quantitative estimate of drug-likeness (QED) is 0.752. The molecular formula is C14H18BrClN2O. The van der Waals surface area contributed by atoms with Crippen LogP contribution >= 0.6 is 27.5 Å². The molecule has 0 saturated carbocycles. The number of fused-ring (bicyclic) bond motifs is 1. The smallest absolute Gasteiger partial charge is 0.127 e. The van der Waals surface area contributed by atoms with E-state index in [1.165, 1.54) is 0 Å². The van der Waals surface area contributed by atoms with Gasteiger partial charge in [-0.25, -0.2) is 4.98 Å². The van der Waals surface area contributed by atoms with Gasteiger partial charge in [-0.2, -0.15) is 0 Å². The first-order valence-electron chi connectivity index (χ1n) is 6.31. The van der Waals surface area contributed by atoms with Crippen molar-refractivity contribution in [3.05, 3.63) is 28.5 Å². The predicted molar refractivity (Wildman–Crippen MR) is 82.7 cm³/mol. The van der Waals surface area contributed by atoms with Crippen molar-refractivity contribution in [3.63, 3.8) is 0 Å². The van der Waals surface area contributed by atoms with Gasteiger partial charge >= 0.3 is 0 Å². The Morgan fingerprint density at radius 1 is 1.42 bits per heavy atom. The molecule has 1 heterocycles. The molecule has 2 rings (SSSR count). The summed E-state index contributed by atoms with van der Waals surface area (Å²) in [6, 6.07) is 6.10. The summed E-state index contributed by atoms with van der Waals surface area (Å²) in [6.45, 7) is 5.70. The van der Waals surface area contributed by atoms with Crippen LogP contribution in [-0.2, 0) is 11.3 Å². The Balaban J connectivity index is 2.47. The summed E-state index contributed by atoms with van der Waals surface area (Å²) in [7, 11) is 1.73.